The van der Waals surface area contributed by atoms with Crippen molar-refractivity contribution in [2.75, 3.05) is 5.32 Å². The lowest BCUT2D eigenvalue weighted by Crippen LogP contribution is -2.24. The monoisotopic (exact) mass is 466 g/mol. The predicted octanol–water partition coefficient (Wildman–Crippen LogP) is 4.50. The first-order valence-electron chi connectivity index (χ1n) is 10.4. The van der Waals surface area contributed by atoms with E-state index in [1.54, 1.807) is 29.3 Å². The van der Waals surface area contributed by atoms with E-state index in [1.807, 2.05) is 37.5 Å². The van der Waals surface area contributed by atoms with E-state index in [2.05, 4.69) is 25.7 Å². The lowest BCUT2D eigenvalue weighted by molar-refractivity contribution is -0.137. The molecule has 0 aliphatic rings. The smallest absolute Gasteiger partial charge is 0.352 e. The quantitative estimate of drug-likeness (QED) is 0.419. The van der Waals surface area contributed by atoms with Gasteiger partial charge in [0.15, 0.2) is 0 Å². The summed E-state index contributed by atoms with van der Waals surface area (Å²) in [6.07, 6.45) is 2.58. The fraction of sp³-hybridized carbons (Fsp3) is 0.167. The number of benzene rings is 2. The maximum atomic E-state index is 12.8. The average molecular weight is 466 g/mol. The zero-order chi connectivity index (χ0) is 24.1. The van der Waals surface area contributed by atoms with Gasteiger partial charge < -0.3 is 10.6 Å². The van der Waals surface area contributed by atoms with Crippen LogP contribution in [-0.2, 0) is 31.0 Å². The second kappa shape index (κ2) is 9.74. The van der Waals surface area contributed by atoms with Gasteiger partial charge in [0, 0.05) is 37.7 Å². The number of alkyl halides is 3. The van der Waals surface area contributed by atoms with Gasteiger partial charge in [-0.05, 0) is 28.8 Å². The van der Waals surface area contributed by atoms with E-state index in [4.69, 9.17) is 0 Å². The van der Waals surface area contributed by atoms with Gasteiger partial charge in [-0.15, -0.1) is 0 Å². The third kappa shape index (κ3) is 5.97. The van der Waals surface area contributed by atoms with Crippen LogP contribution in [0.15, 0.2) is 73.3 Å². The molecule has 174 valence electrons. The van der Waals surface area contributed by atoms with Crippen LogP contribution in [0.3, 0.4) is 0 Å². The standard InChI is InChI=1S/C24H21F3N6O/c1-33-15-21(14-31-33)32-23-29-12-19(13-30-23)18-7-5-16(6-8-18)10-22(34)28-11-17-3-2-4-20(9-17)24(25,26)27/h2-9,12-15H,10-11H2,1H3,(H,28,34)(H,29,30,32). The highest BCUT2D eigenvalue weighted by Gasteiger charge is 2.30. The SMILES string of the molecule is Cn1cc(Nc2ncc(-c3ccc(CC(=O)NCc4cccc(C(F)(F)F)c4)cc3)cn2)cn1. The van der Waals surface area contributed by atoms with Gasteiger partial charge in [0.2, 0.25) is 11.9 Å². The minimum absolute atomic E-state index is 0.0254. The molecule has 2 N–H and O–H groups in total. The second-order valence-corrected chi connectivity index (χ2v) is 7.67. The number of halogens is 3. The Morgan fingerprint density at radius 2 is 1.71 bits per heavy atom. The van der Waals surface area contributed by atoms with Crippen LogP contribution in [0.2, 0.25) is 0 Å². The van der Waals surface area contributed by atoms with Crippen LogP contribution >= 0.6 is 0 Å². The van der Waals surface area contributed by atoms with Gasteiger partial charge in [-0.3, -0.25) is 9.48 Å². The highest BCUT2D eigenvalue weighted by Crippen LogP contribution is 2.29. The molecule has 0 fully saturated rings. The second-order valence-electron chi connectivity index (χ2n) is 7.67. The highest BCUT2D eigenvalue weighted by atomic mass is 19.4. The van der Waals surface area contributed by atoms with Crippen LogP contribution in [-0.4, -0.2) is 25.7 Å². The summed E-state index contributed by atoms with van der Waals surface area (Å²) < 4.78 is 40.1. The first-order valence-corrected chi connectivity index (χ1v) is 10.4. The summed E-state index contributed by atoms with van der Waals surface area (Å²) in [6, 6.07) is 12.3. The van der Waals surface area contributed by atoms with E-state index in [-0.39, 0.29) is 18.9 Å². The van der Waals surface area contributed by atoms with Gasteiger partial charge in [0.05, 0.1) is 23.9 Å². The van der Waals surface area contributed by atoms with Crippen molar-refractivity contribution < 1.29 is 18.0 Å². The zero-order valence-electron chi connectivity index (χ0n) is 18.2. The molecule has 2 aromatic heterocycles. The molecule has 7 nitrogen and oxygen atoms in total. The molecule has 0 atom stereocenters. The molecular weight excluding hydrogens is 445 g/mol. The van der Waals surface area contributed by atoms with E-state index in [9.17, 15) is 18.0 Å². The fourth-order valence-electron chi connectivity index (χ4n) is 3.28. The van der Waals surface area contributed by atoms with Gasteiger partial charge in [-0.25, -0.2) is 9.97 Å². The van der Waals surface area contributed by atoms with Crippen molar-refractivity contribution in [1.82, 2.24) is 25.1 Å². The average Bonchev–Trinajstić information content (AvgIpc) is 3.23. The van der Waals surface area contributed by atoms with Crippen LogP contribution in [0.5, 0.6) is 0 Å². The highest BCUT2D eigenvalue weighted by molar-refractivity contribution is 5.78. The lowest BCUT2D eigenvalue weighted by Gasteiger charge is -2.10. The third-order valence-corrected chi connectivity index (χ3v) is 5.01. The van der Waals surface area contributed by atoms with Crippen molar-refractivity contribution in [3.8, 4) is 11.1 Å². The molecule has 10 heteroatoms. The summed E-state index contributed by atoms with van der Waals surface area (Å²) in [5.74, 6) is 0.171. The number of hydrogen-bond donors (Lipinski definition) is 2. The van der Waals surface area contributed by atoms with Gasteiger partial charge in [-0.1, -0.05) is 36.4 Å². The summed E-state index contributed by atoms with van der Waals surface area (Å²) in [5.41, 5.74) is 2.92. The zero-order valence-corrected chi connectivity index (χ0v) is 18.2. The number of aryl methyl sites for hydroxylation is 1. The molecule has 4 aromatic rings. The van der Waals surface area contributed by atoms with Crippen LogP contribution in [0, 0.1) is 0 Å². The molecule has 2 aromatic carbocycles. The molecule has 0 aliphatic heterocycles. The molecule has 4 rings (SSSR count). The maximum absolute atomic E-state index is 12.8. The Morgan fingerprint density at radius 3 is 2.35 bits per heavy atom. The number of amides is 1. The van der Waals surface area contributed by atoms with Crippen LogP contribution in [0.1, 0.15) is 16.7 Å². The van der Waals surface area contributed by atoms with Crippen LogP contribution < -0.4 is 10.6 Å². The number of nitrogens with one attached hydrogen (secondary N) is 2. The van der Waals surface area contributed by atoms with Crippen molar-refractivity contribution in [3.63, 3.8) is 0 Å². The Hall–Kier alpha value is -4.21. The first kappa shape index (κ1) is 23.0. The molecule has 0 saturated heterocycles. The molecule has 34 heavy (non-hydrogen) atoms. The van der Waals surface area contributed by atoms with Crippen molar-refractivity contribution in [2.24, 2.45) is 7.05 Å². The summed E-state index contributed by atoms with van der Waals surface area (Å²) in [4.78, 5) is 20.9. The Labute approximate surface area is 193 Å². The van der Waals surface area contributed by atoms with Crippen molar-refractivity contribution in [2.45, 2.75) is 19.1 Å². The Bertz CT molecular complexity index is 1270. The maximum Gasteiger partial charge on any atom is 0.416 e. The number of hydrogen-bond acceptors (Lipinski definition) is 5. The Balaban J connectivity index is 1.31. The van der Waals surface area contributed by atoms with E-state index < -0.39 is 11.7 Å². The van der Waals surface area contributed by atoms with E-state index in [1.165, 1.54) is 6.07 Å². The summed E-state index contributed by atoms with van der Waals surface area (Å²) in [7, 11) is 1.82. The largest absolute Gasteiger partial charge is 0.416 e. The van der Waals surface area contributed by atoms with Gasteiger partial charge in [0.25, 0.3) is 0 Å². The van der Waals surface area contributed by atoms with Crippen molar-refractivity contribution >= 4 is 17.5 Å². The lowest BCUT2D eigenvalue weighted by atomic mass is 10.0. The third-order valence-electron chi connectivity index (χ3n) is 5.01. The molecule has 0 unspecified atom stereocenters. The van der Waals surface area contributed by atoms with E-state index >= 15 is 0 Å². The summed E-state index contributed by atoms with van der Waals surface area (Å²) in [5, 5.41) is 9.80. The predicted molar refractivity (Wildman–Crippen MR) is 121 cm³/mol. The summed E-state index contributed by atoms with van der Waals surface area (Å²) in [6.45, 7) is 0.0254. The number of rotatable bonds is 7. The Morgan fingerprint density at radius 1 is 0.971 bits per heavy atom. The van der Waals surface area contributed by atoms with E-state index in [0.29, 0.717) is 11.5 Å². The molecule has 0 aliphatic carbocycles. The number of anilines is 2. The molecule has 0 bridgehead atoms. The Kier molecular flexibility index (Phi) is 6.58. The molecule has 0 saturated carbocycles. The number of aromatic nitrogens is 4. The molecule has 1 amide bonds. The summed E-state index contributed by atoms with van der Waals surface area (Å²) >= 11 is 0. The number of carbonyl (C=O) groups excluding carboxylic acids is 1. The fourth-order valence-corrected chi connectivity index (χ4v) is 3.28. The van der Waals surface area contributed by atoms with Gasteiger partial charge >= 0.3 is 6.18 Å². The van der Waals surface area contributed by atoms with Crippen molar-refractivity contribution in [1.29, 1.82) is 0 Å². The topological polar surface area (TPSA) is 84.7 Å². The molecule has 2 heterocycles. The van der Waals surface area contributed by atoms with Crippen molar-refractivity contribution in [3.05, 3.63) is 90.0 Å². The van der Waals surface area contributed by atoms with E-state index in [0.717, 1.165) is 34.5 Å². The molecule has 0 radical (unpaired) electrons. The van der Waals surface area contributed by atoms with Gasteiger partial charge in [-0.2, -0.15) is 18.3 Å². The molecule has 0 spiro atoms. The minimum atomic E-state index is -4.41. The van der Waals surface area contributed by atoms with Crippen LogP contribution in [0.25, 0.3) is 11.1 Å². The minimum Gasteiger partial charge on any atom is -0.352 e. The molecular formula is C24H21F3N6O. The normalized spacial score (nSPS) is 11.3. The first-order chi connectivity index (χ1) is 16.3. The number of carbonyl (C=O) groups is 1. The van der Waals surface area contributed by atoms with Gasteiger partial charge in [0.1, 0.15) is 0 Å². The van der Waals surface area contributed by atoms with Crippen LogP contribution in [0.4, 0.5) is 24.8 Å². The number of nitrogens with zero attached hydrogens (tertiary/aromatic N) is 4.